The van der Waals surface area contributed by atoms with Crippen LogP contribution in [0.15, 0.2) is 52.2 Å². The van der Waals surface area contributed by atoms with Crippen LogP contribution in [0.1, 0.15) is 12.7 Å². The van der Waals surface area contributed by atoms with Crippen LogP contribution in [-0.2, 0) is 4.79 Å². The number of amides is 1. The van der Waals surface area contributed by atoms with E-state index in [1.807, 2.05) is 0 Å². The second-order valence-corrected chi connectivity index (χ2v) is 4.19. The monoisotopic (exact) mass is 288 g/mol. The van der Waals surface area contributed by atoms with Crippen LogP contribution in [0.25, 0.3) is 0 Å². The van der Waals surface area contributed by atoms with E-state index in [1.54, 1.807) is 50.4 Å². The third-order valence-corrected chi connectivity index (χ3v) is 2.65. The minimum atomic E-state index is -0.674. The molecule has 0 spiro atoms. The average molecular weight is 288 g/mol. The molecule has 1 amide bonds. The van der Waals surface area contributed by atoms with E-state index in [0.717, 1.165) is 5.75 Å². The zero-order chi connectivity index (χ0) is 15.1. The molecule has 2 aromatic rings. The fourth-order valence-corrected chi connectivity index (χ4v) is 1.53. The molecular formula is C15H16N2O4. The molecular weight excluding hydrogens is 272 g/mol. The van der Waals surface area contributed by atoms with Gasteiger partial charge in [0, 0.05) is 0 Å². The molecule has 1 N–H and O–H groups in total. The molecule has 1 aromatic carbocycles. The highest BCUT2D eigenvalue weighted by atomic mass is 16.5. The van der Waals surface area contributed by atoms with Gasteiger partial charge >= 0.3 is 0 Å². The SMILES string of the molecule is COc1ccc(OC(C)C(=O)N/N=C/c2ccco2)cc1. The Labute approximate surface area is 122 Å². The summed E-state index contributed by atoms with van der Waals surface area (Å²) in [5, 5.41) is 3.79. The van der Waals surface area contributed by atoms with Gasteiger partial charge in [-0.05, 0) is 43.3 Å². The Hall–Kier alpha value is -2.76. The number of hydrogen-bond acceptors (Lipinski definition) is 5. The number of nitrogens with zero attached hydrogens (tertiary/aromatic N) is 1. The fourth-order valence-electron chi connectivity index (χ4n) is 1.53. The third-order valence-electron chi connectivity index (χ3n) is 2.65. The highest BCUT2D eigenvalue weighted by Gasteiger charge is 2.13. The van der Waals surface area contributed by atoms with Gasteiger partial charge in [-0.2, -0.15) is 5.10 Å². The molecule has 0 aliphatic carbocycles. The van der Waals surface area contributed by atoms with Gasteiger partial charge in [0.25, 0.3) is 5.91 Å². The van der Waals surface area contributed by atoms with Crippen molar-refractivity contribution in [3.05, 3.63) is 48.4 Å². The van der Waals surface area contributed by atoms with Crippen molar-refractivity contribution in [1.29, 1.82) is 0 Å². The number of rotatable bonds is 6. The standard InChI is InChI=1S/C15H16N2O4/c1-11(21-13-7-5-12(19-2)6-8-13)15(18)17-16-10-14-4-3-9-20-14/h3-11H,1-2H3,(H,17,18)/b16-10+. The quantitative estimate of drug-likeness (QED) is 0.653. The van der Waals surface area contributed by atoms with Crippen LogP contribution in [0.4, 0.5) is 0 Å². The minimum Gasteiger partial charge on any atom is -0.497 e. The van der Waals surface area contributed by atoms with E-state index in [-0.39, 0.29) is 5.91 Å². The predicted octanol–water partition coefficient (Wildman–Crippen LogP) is 2.21. The van der Waals surface area contributed by atoms with Crippen molar-refractivity contribution in [2.45, 2.75) is 13.0 Å². The van der Waals surface area contributed by atoms with Crippen molar-refractivity contribution in [2.24, 2.45) is 5.10 Å². The first-order valence-electron chi connectivity index (χ1n) is 6.36. The first-order chi connectivity index (χ1) is 10.2. The number of methoxy groups -OCH3 is 1. The van der Waals surface area contributed by atoms with Gasteiger partial charge in [0.15, 0.2) is 6.10 Å². The lowest BCUT2D eigenvalue weighted by atomic mass is 10.3. The van der Waals surface area contributed by atoms with E-state index in [0.29, 0.717) is 11.5 Å². The summed E-state index contributed by atoms with van der Waals surface area (Å²) in [6, 6.07) is 10.4. The molecule has 0 fully saturated rings. The number of nitrogens with one attached hydrogen (secondary N) is 1. The van der Waals surface area contributed by atoms with E-state index in [2.05, 4.69) is 10.5 Å². The summed E-state index contributed by atoms with van der Waals surface area (Å²) in [5.74, 6) is 1.50. The van der Waals surface area contributed by atoms with Crippen molar-refractivity contribution in [3.63, 3.8) is 0 Å². The van der Waals surface area contributed by atoms with Crippen molar-refractivity contribution in [1.82, 2.24) is 5.43 Å². The Morgan fingerprint density at radius 2 is 2.00 bits per heavy atom. The first-order valence-corrected chi connectivity index (χ1v) is 6.36. The van der Waals surface area contributed by atoms with Gasteiger partial charge < -0.3 is 13.9 Å². The second-order valence-electron chi connectivity index (χ2n) is 4.19. The average Bonchev–Trinajstić information content (AvgIpc) is 3.01. The van der Waals surface area contributed by atoms with Crippen LogP contribution in [-0.4, -0.2) is 25.3 Å². The lowest BCUT2D eigenvalue weighted by Gasteiger charge is -2.13. The number of hydrogen-bond donors (Lipinski definition) is 1. The lowest BCUT2D eigenvalue weighted by Crippen LogP contribution is -2.33. The maximum atomic E-state index is 11.8. The number of furan rings is 1. The van der Waals surface area contributed by atoms with Crippen molar-refractivity contribution in [2.75, 3.05) is 7.11 Å². The topological polar surface area (TPSA) is 73.1 Å². The molecule has 1 unspecified atom stereocenters. The normalized spacial score (nSPS) is 12.1. The molecule has 0 radical (unpaired) electrons. The van der Waals surface area contributed by atoms with Crippen molar-refractivity contribution in [3.8, 4) is 11.5 Å². The molecule has 21 heavy (non-hydrogen) atoms. The van der Waals surface area contributed by atoms with E-state index in [4.69, 9.17) is 13.9 Å². The Balaban J connectivity index is 1.84. The number of carbonyl (C=O) groups excluding carboxylic acids is 1. The molecule has 0 bridgehead atoms. The largest absolute Gasteiger partial charge is 0.497 e. The van der Waals surface area contributed by atoms with Gasteiger partial charge in [0.1, 0.15) is 17.3 Å². The second kappa shape index (κ2) is 7.14. The van der Waals surface area contributed by atoms with Crippen LogP contribution >= 0.6 is 0 Å². The molecule has 6 nitrogen and oxygen atoms in total. The van der Waals surface area contributed by atoms with Gasteiger partial charge in [-0.3, -0.25) is 4.79 Å². The highest BCUT2D eigenvalue weighted by molar-refractivity contribution is 5.83. The summed E-state index contributed by atoms with van der Waals surface area (Å²) in [5.41, 5.74) is 2.38. The lowest BCUT2D eigenvalue weighted by molar-refractivity contribution is -0.127. The fraction of sp³-hybridized carbons (Fsp3) is 0.200. The highest BCUT2D eigenvalue weighted by Crippen LogP contribution is 2.18. The van der Waals surface area contributed by atoms with Gasteiger partial charge in [-0.1, -0.05) is 0 Å². The summed E-state index contributed by atoms with van der Waals surface area (Å²) >= 11 is 0. The molecule has 1 heterocycles. The predicted molar refractivity (Wildman–Crippen MR) is 77.5 cm³/mol. The van der Waals surface area contributed by atoms with E-state index < -0.39 is 6.10 Å². The third kappa shape index (κ3) is 4.38. The van der Waals surface area contributed by atoms with Gasteiger partial charge in [-0.15, -0.1) is 0 Å². The number of carbonyl (C=O) groups is 1. The van der Waals surface area contributed by atoms with E-state index >= 15 is 0 Å². The molecule has 1 atom stereocenters. The van der Waals surface area contributed by atoms with Crippen LogP contribution < -0.4 is 14.9 Å². The molecule has 1 aromatic heterocycles. The van der Waals surface area contributed by atoms with Crippen LogP contribution in [0, 0.1) is 0 Å². The first kappa shape index (κ1) is 14.6. The Morgan fingerprint density at radius 1 is 1.29 bits per heavy atom. The summed E-state index contributed by atoms with van der Waals surface area (Å²) in [7, 11) is 1.59. The van der Waals surface area contributed by atoms with Crippen molar-refractivity contribution >= 4 is 12.1 Å². The number of ether oxygens (including phenoxy) is 2. The summed E-state index contributed by atoms with van der Waals surface area (Å²) in [6.07, 6.45) is 2.27. The molecule has 0 saturated carbocycles. The van der Waals surface area contributed by atoms with Crippen LogP contribution in [0.2, 0.25) is 0 Å². The molecule has 0 aliphatic heterocycles. The van der Waals surface area contributed by atoms with Gasteiger partial charge in [-0.25, -0.2) is 5.43 Å². The summed E-state index contributed by atoms with van der Waals surface area (Å²) in [6.45, 7) is 1.64. The van der Waals surface area contributed by atoms with Gasteiger partial charge in [0.2, 0.25) is 0 Å². The van der Waals surface area contributed by atoms with Crippen LogP contribution in [0.5, 0.6) is 11.5 Å². The molecule has 0 saturated heterocycles. The number of hydrazone groups is 1. The van der Waals surface area contributed by atoms with Crippen molar-refractivity contribution < 1.29 is 18.7 Å². The maximum Gasteiger partial charge on any atom is 0.280 e. The Bertz CT molecular complexity index is 591. The van der Waals surface area contributed by atoms with Crippen LogP contribution in [0.3, 0.4) is 0 Å². The number of benzene rings is 1. The zero-order valence-corrected chi connectivity index (χ0v) is 11.8. The van der Waals surface area contributed by atoms with Gasteiger partial charge in [0.05, 0.1) is 19.6 Å². The molecule has 0 aliphatic rings. The maximum absolute atomic E-state index is 11.8. The van der Waals surface area contributed by atoms with E-state index in [1.165, 1.54) is 12.5 Å². The Kier molecular flexibility index (Phi) is 4.98. The Morgan fingerprint density at radius 3 is 2.62 bits per heavy atom. The minimum absolute atomic E-state index is 0.353. The molecule has 110 valence electrons. The summed E-state index contributed by atoms with van der Waals surface area (Å²) < 4.78 is 15.6. The molecule has 6 heteroatoms. The molecule has 2 rings (SSSR count). The zero-order valence-electron chi connectivity index (χ0n) is 11.8. The smallest absolute Gasteiger partial charge is 0.280 e. The van der Waals surface area contributed by atoms with E-state index in [9.17, 15) is 4.79 Å². The summed E-state index contributed by atoms with van der Waals surface area (Å²) in [4.78, 5) is 11.8.